The third kappa shape index (κ3) is 7.74. The molecular weight excluding hydrogens is 636 g/mol. The van der Waals surface area contributed by atoms with Gasteiger partial charge in [0.25, 0.3) is 11.1 Å². The second-order valence-corrected chi connectivity index (χ2v) is 13.7. The molecule has 1 saturated heterocycles. The van der Waals surface area contributed by atoms with Crippen molar-refractivity contribution < 1.29 is 5.11 Å². The smallest absolute Gasteiger partial charge is 0.328 e. The highest BCUT2D eigenvalue weighted by Crippen LogP contribution is 2.31. The largest absolute Gasteiger partial charge is 0.388 e. The number of anilines is 1. The van der Waals surface area contributed by atoms with E-state index in [2.05, 4.69) is 88.0 Å². The number of piperazine rings is 1. The number of aromatic amines is 3. The molecule has 2 atom stereocenters. The average Bonchev–Trinajstić information content (AvgIpc) is 3.53. The number of fused-ring (bicyclic) bond motifs is 1. The first-order valence-electron chi connectivity index (χ1n) is 17.2. The Labute approximate surface area is 290 Å². The van der Waals surface area contributed by atoms with Crippen LogP contribution in [-0.4, -0.2) is 65.3 Å². The molecule has 13 nitrogen and oxygen atoms in total. The molecule has 2 aromatic carbocycles. The van der Waals surface area contributed by atoms with E-state index in [4.69, 9.17) is 4.98 Å². The molecule has 0 aliphatic carbocycles. The zero-order valence-electron chi connectivity index (χ0n) is 29.9. The first-order chi connectivity index (χ1) is 23.7. The van der Waals surface area contributed by atoms with Crippen molar-refractivity contribution in [2.75, 3.05) is 31.1 Å². The topological polar surface area (TPSA) is 165 Å². The van der Waals surface area contributed by atoms with Crippen LogP contribution in [0, 0.1) is 0 Å². The van der Waals surface area contributed by atoms with E-state index in [-0.39, 0.29) is 28.3 Å². The number of rotatable bonds is 7. The molecule has 5 aromatic rings. The van der Waals surface area contributed by atoms with E-state index in [1.165, 1.54) is 23.3 Å². The van der Waals surface area contributed by atoms with Crippen LogP contribution >= 0.6 is 0 Å². The number of hydrogen-bond donors (Lipinski definition) is 4. The summed E-state index contributed by atoms with van der Waals surface area (Å²) < 4.78 is 2.89. The SMILES string of the molecule is CCn1cc(C(C)O)c(=O)[nH]c1=O.CCn1cc([C@H](C)N2CCN(c3cccc4[nH]c(-c5ccc(C(C)(C)C)cc5)nc34)CC2)c(=O)[nH]c1=O. The summed E-state index contributed by atoms with van der Waals surface area (Å²) in [5.74, 6) is 0.875. The Kier molecular flexibility index (Phi) is 10.8. The third-order valence-electron chi connectivity index (χ3n) is 9.38. The molecule has 0 amide bonds. The quantitative estimate of drug-likeness (QED) is 0.201. The lowest BCUT2D eigenvalue weighted by molar-refractivity contribution is 0.196. The van der Waals surface area contributed by atoms with Gasteiger partial charge in [0, 0.05) is 63.3 Å². The first-order valence-corrected chi connectivity index (χ1v) is 17.2. The Morgan fingerprint density at radius 2 is 1.34 bits per heavy atom. The molecule has 50 heavy (non-hydrogen) atoms. The maximum Gasteiger partial charge on any atom is 0.328 e. The maximum absolute atomic E-state index is 12.5. The van der Waals surface area contributed by atoms with Gasteiger partial charge in [-0.25, -0.2) is 14.6 Å². The van der Waals surface area contributed by atoms with E-state index in [0.29, 0.717) is 18.7 Å². The lowest BCUT2D eigenvalue weighted by Gasteiger charge is -2.39. The van der Waals surface area contributed by atoms with Crippen LogP contribution in [0.4, 0.5) is 5.69 Å². The van der Waals surface area contributed by atoms with Gasteiger partial charge in [0.1, 0.15) is 11.3 Å². The van der Waals surface area contributed by atoms with Gasteiger partial charge in [0.2, 0.25) is 0 Å². The maximum atomic E-state index is 12.5. The Bertz CT molecular complexity index is 2180. The normalized spacial score (nSPS) is 15.1. The molecule has 3 aromatic heterocycles. The molecule has 4 N–H and O–H groups in total. The summed E-state index contributed by atoms with van der Waals surface area (Å²) in [5.41, 5.74) is 4.83. The average molecular weight is 685 g/mol. The van der Waals surface area contributed by atoms with Crippen LogP contribution in [0.15, 0.2) is 74.0 Å². The number of aromatic nitrogens is 6. The van der Waals surface area contributed by atoms with Crippen LogP contribution in [0.2, 0.25) is 0 Å². The molecule has 1 fully saturated rings. The van der Waals surface area contributed by atoms with Gasteiger partial charge in [0.05, 0.1) is 28.4 Å². The van der Waals surface area contributed by atoms with Crippen molar-refractivity contribution in [3.63, 3.8) is 0 Å². The van der Waals surface area contributed by atoms with Crippen molar-refractivity contribution in [2.45, 2.75) is 79.1 Å². The Balaban J connectivity index is 0.000000315. The number of nitrogens with one attached hydrogen (secondary N) is 3. The molecule has 6 rings (SSSR count). The molecule has 0 saturated carbocycles. The molecular formula is C37H48N8O5. The van der Waals surface area contributed by atoms with Gasteiger partial charge in [-0.2, -0.15) is 0 Å². The van der Waals surface area contributed by atoms with Gasteiger partial charge in [-0.3, -0.25) is 24.5 Å². The monoisotopic (exact) mass is 684 g/mol. The van der Waals surface area contributed by atoms with Gasteiger partial charge in [0.15, 0.2) is 0 Å². The summed E-state index contributed by atoms with van der Waals surface area (Å²) in [5, 5.41) is 9.18. The van der Waals surface area contributed by atoms with Crippen molar-refractivity contribution in [3.8, 4) is 11.4 Å². The van der Waals surface area contributed by atoms with Crippen molar-refractivity contribution in [1.82, 2.24) is 34.0 Å². The molecule has 4 heterocycles. The Morgan fingerprint density at radius 1 is 0.780 bits per heavy atom. The number of hydrogen-bond acceptors (Lipinski definition) is 8. The standard InChI is InChI=1S/C29H36N6O2.C8H12N2O3/c1-6-33-18-22(27(36)32-28(33)37)19(2)34-14-16-35(17-15-34)24-9-7-8-23-25(24)31-26(30-23)20-10-12-21(13-11-20)29(3,4)5;1-3-10-4-6(5(2)11)7(12)9-8(10)13/h7-13,18-19H,6,14-17H2,1-5H3,(H,30,31)(H,32,36,37);4-5,11H,3H2,1-2H3,(H,9,12,13)/t19-;/m0./s1. The number of aliphatic hydroxyl groups is 1. The van der Waals surface area contributed by atoms with Crippen molar-refractivity contribution in [3.05, 3.63) is 113 Å². The van der Waals surface area contributed by atoms with Crippen LogP contribution in [0.5, 0.6) is 0 Å². The highest BCUT2D eigenvalue weighted by molar-refractivity contribution is 5.91. The fraction of sp³-hybridized carbons (Fsp3) is 0.432. The van der Waals surface area contributed by atoms with Crippen LogP contribution in [-0.2, 0) is 18.5 Å². The van der Waals surface area contributed by atoms with Gasteiger partial charge >= 0.3 is 11.4 Å². The van der Waals surface area contributed by atoms with E-state index in [0.717, 1.165) is 54.3 Å². The Hall–Kier alpha value is -5.01. The Morgan fingerprint density at radius 3 is 1.88 bits per heavy atom. The zero-order valence-corrected chi connectivity index (χ0v) is 29.9. The number of aliphatic hydroxyl groups excluding tert-OH is 1. The molecule has 266 valence electrons. The lowest BCUT2D eigenvalue weighted by Crippen LogP contribution is -2.48. The fourth-order valence-electron chi connectivity index (χ4n) is 6.20. The molecule has 1 aliphatic heterocycles. The van der Waals surface area contributed by atoms with Gasteiger partial charge in [-0.15, -0.1) is 0 Å². The number of H-pyrrole nitrogens is 3. The van der Waals surface area contributed by atoms with Crippen molar-refractivity contribution in [2.24, 2.45) is 0 Å². The minimum atomic E-state index is -0.859. The van der Waals surface area contributed by atoms with Crippen LogP contribution in [0.25, 0.3) is 22.4 Å². The molecule has 13 heteroatoms. The van der Waals surface area contributed by atoms with E-state index in [9.17, 15) is 24.3 Å². The van der Waals surface area contributed by atoms with Crippen LogP contribution < -0.4 is 27.4 Å². The number of benzene rings is 2. The predicted molar refractivity (Wildman–Crippen MR) is 197 cm³/mol. The van der Waals surface area contributed by atoms with Gasteiger partial charge < -0.3 is 24.1 Å². The summed E-state index contributed by atoms with van der Waals surface area (Å²) in [6.07, 6.45) is 2.23. The zero-order chi connectivity index (χ0) is 36.3. The second kappa shape index (κ2) is 14.9. The summed E-state index contributed by atoms with van der Waals surface area (Å²) in [7, 11) is 0. The van der Waals surface area contributed by atoms with Crippen LogP contribution in [0.3, 0.4) is 0 Å². The fourth-order valence-corrected chi connectivity index (χ4v) is 6.20. The van der Waals surface area contributed by atoms with E-state index in [1.54, 1.807) is 17.7 Å². The minimum absolute atomic E-state index is 0.0758. The number of para-hydroxylation sites is 1. The summed E-state index contributed by atoms with van der Waals surface area (Å²) in [6, 6.07) is 14.9. The molecule has 0 spiro atoms. The number of imidazole rings is 1. The summed E-state index contributed by atoms with van der Waals surface area (Å²) >= 11 is 0. The molecule has 0 bridgehead atoms. The van der Waals surface area contributed by atoms with Crippen molar-refractivity contribution in [1.29, 1.82) is 0 Å². The molecule has 0 radical (unpaired) electrons. The van der Waals surface area contributed by atoms with E-state index >= 15 is 0 Å². The van der Waals surface area contributed by atoms with Gasteiger partial charge in [-0.1, -0.05) is 51.1 Å². The number of nitrogens with zero attached hydrogens (tertiary/aromatic N) is 5. The first kappa shape index (κ1) is 36.3. The number of aryl methyl sites for hydroxylation is 2. The van der Waals surface area contributed by atoms with E-state index in [1.807, 2.05) is 13.8 Å². The predicted octanol–water partition coefficient (Wildman–Crippen LogP) is 3.89. The van der Waals surface area contributed by atoms with Crippen molar-refractivity contribution >= 4 is 16.7 Å². The highest BCUT2D eigenvalue weighted by atomic mass is 16.3. The van der Waals surface area contributed by atoms with E-state index < -0.39 is 17.4 Å². The lowest BCUT2D eigenvalue weighted by atomic mass is 9.87. The molecule has 1 aliphatic rings. The molecule has 1 unspecified atom stereocenters. The minimum Gasteiger partial charge on any atom is -0.388 e. The summed E-state index contributed by atoms with van der Waals surface area (Å²) in [6.45, 7) is 18.1. The highest BCUT2D eigenvalue weighted by Gasteiger charge is 2.26. The third-order valence-corrected chi connectivity index (χ3v) is 9.38. The second-order valence-electron chi connectivity index (χ2n) is 13.7. The summed E-state index contributed by atoms with van der Waals surface area (Å²) in [4.78, 5) is 64.4. The van der Waals surface area contributed by atoms with Gasteiger partial charge in [-0.05, 0) is 50.8 Å². The van der Waals surface area contributed by atoms with Crippen LogP contribution in [0.1, 0.15) is 77.3 Å².